The van der Waals surface area contributed by atoms with Crippen molar-refractivity contribution in [3.8, 4) is 11.5 Å². The second-order valence-electron chi connectivity index (χ2n) is 8.37. The predicted octanol–water partition coefficient (Wildman–Crippen LogP) is 3.89. The van der Waals surface area contributed by atoms with Crippen LogP contribution in [0.4, 0.5) is 0 Å². The highest BCUT2D eigenvalue weighted by molar-refractivity contribution is 5.91. The zero-order chi connectivity index (χ0) is 22.8. The normalized spacial score (nSPS) is 14.6. The Morgan fingerprint density at radius 3 is 2.50 bits per heavy atom. The van der Waals surface area contributed by atoms with Gasteiger partial charge in [0.1, 0.15) is 0 Å². The fourth-order valence-electron chi connectivity index (χ4n) is 3.36. The van der Waals surface area contributed by atoms with Crippen LogP contribution in [0.25, 0.3) is 6.08 Å². The summed E-state index contributed by atoms with van der Waals surface area (Å²) in [5.41, 5.74) is 3.23. The highest BCUT2D eigenvalue weighted by Gasteiger charge is 2.10. The lowest BCUT2D eigenvalue weighted by Gasteiger charge is -2.26. The van der Waals surface area contributed by atoms with E-state index in [9.17, 15) is 4.79 Å². The molecule has 0 saturated carbocycles. The van der Waals surface area contributed by atoms with Crippen molar-refractivity contribution in [3.05, 3.63) is 65.2 Å². The molecule has 1 saturated heterocycles. The number of rotatable bonds is 10. The molecule has 3 rings (SSSR count). The Labute approximate surface area is 191 Å². The first kappa shape index (κ1) is 23.8. The van der Waals surface area contributed by atoms with Crippen LogP contribution in [0.2, 0.25) is 0 Å². The number of carbonyl (C=O) groups excluding carboxylic acids is 1. The van der Waals surface area contributed by atoms with Crippen molar-refractivity contribution >= 4 is 12.0 Å². The first-order valence-corrected chi connectivity index (χ1v) is 11.2. The average molecular weight is 439 g/mol. The Morgan fingerprint density at radius 1 is 1.09 bits per heavy atom. The third-order valence-electron chi connectivity index (χ3n) is 5.19. The molecule has 172 valence electrons. The molecule has 1 aliphatic rings. The van der Waals surface area contributed by atoms with Crippen LogP contribution in [0.15, 0.2) is 48.5 Å². The van der Waals surface area contributed by atoms with Crippen LogP contribution in [-0.2, 0) is 22.6 Å². The lowest BCUT2D eigenvalue weighted by molar-refractivity contribution is -0.116. The number of morpholine rings is 1. The summed E-state index contributed by atoms with van der Waals surface area (Å²) < 4.78 is 16.6. The van der Waals surface area contributed by atoms with Crippen molar-refractivity contribution in [2.24, 2.45) is 5.92 Å². The van der Waals surface area contributed by atoms with Crippen LogP contribution in [0.1, 0.15) is 30.5 Å². The van der Waals surface area contributed by atoms with Gasteiger partial charge in [0.15, 0.2) is 11.5 Å². The van der Waals surface area contributed by atoms with Gasteiger partial charge >= 0.3 is 0 Å². The molecule has 0 unspecified atom stereocenters. The summed E-state index contributed by atoms with van der Waals surface area (Å²) in [5.74, 6) is 1.66. The van der Waals surface area contributed by atoms with E-state index >= 15 is 0 Å². The molecular weight excluding hydrogens is 404 g/mol. The maximum Gasteiger partial charge on any atom is 0.244 e. The SMILES string of the molecule is COc1cc(/C=C/C(=O)NCc2ccc(CN3CCOCC3)cc2)ccc1OCC(C)C. The number of hydrogen-bond acceptors (Lipinski definition) is 5. The second kappa shape index (κ2) is 12.3. The third-order valence-corrected chi connectivity index (χ3v) is 5.19. The Bertz CT molecular complexity index is 887. The molecule has 1 fully saturated rings. The van der Waals surface area contributed by atoms with E-state index in [4.69, 9.17) is 14.2 Å². The van der Waals surface area contributed by atoms with Gasteiger partial charge in [-0.3, -0.25) is 9.69 Å². The van der Waals surface area contributed by atoms with E-state index in [1.165, 1.54) is 11.6 Å². The third kappa shape index (κ3) is 7.70. The number of amides is 1. The maximum absolute atomic E-state index is 12.2. The van der Waals surface area contributed by atoms with E-state index in [2.05, 4.69) is 48.3 Å². The van der Waals surface area contributed by atoms with E-state index < -0.39 is 0 Å². The number of nitrogens with zero attached hydrogens (tertiary/aromatic N) is 1. The van der Waals surface area contributed by atoms with Gasteiger partial charge < -0.3 is 19.5 Å². The van der Waals surface area contributed by atoms with E-state index in [0.29, 0.717) is 30.6 Å². The molecule has 0 radical (unpaired) electrons. The summed E-state index contributed by atoms with van der Waals surface area (Å²) in [6, 6.07) is 14.0. The quantitative estimate of drug-likeness (QED) is 0.571. The topological polar surface area (TPSA) is 60.0 Å². The zero-order valence-corrected chi connectivity index (χ0v) is 19.3. The first-order valence-electron chi connectivity index (χ1n) is 11.2. The highest BCUT2D eigenvalue weighted by atomic mass is 16.5. The molecule has 1 aliphatic heterocycles. The van der Waals surface area contributed by atoms with Gasteiger partial charge in [-0.2, -0.15) is 0 Å². The molecule has 1 heterocycles. The van der Waals surface area contributed by atoms with Gasteiger partial charge in [-0.15, -0.1) is 0 Å². The van der Waals surface area contributed by atoms with Gasteiger partial charge in [-0.25, -0.2) is 0 Å². The summed E-state index contributed by atoms with van der Waals surface area (Å²) in [6.07, 6.45) is 3.31. The number of carbonyl (C=O) groups is 1. The molecule has 1 amide bonds. The Kier molecular flexibility index (Phi) is 9.13. The molecule has 0 bridgehead atoms. The van der Waals surface area contributed by atoms with Crippen LogP contribution in [0.5, 0.6) is 11.5 Å². The number of nitrogens with one attached hydrogen (secondary N) is 1. The number of benzene rings is 2. The summed E-state index contributed by atoms with van der Waals surface area (Å²) in [7, 11) is 1.62. The molecule has 6 nitrogen and oxygen atoms in total. The average Bonchev–Trinajstić information content (AvgIpc) is 2.81. The van der Waals surface area contributed by atoms with Crippen molar-refractivity contribution in [1.82, 2.24) is 10.2 Å². The van der Waals surface area contributed by atoms with E-state index in [-0.39, 0.29) is 5.91 Å². The second-order valence-corrected chi connectivity index (χ2v) is 8.37. The van der Waals surface area contributed by atoms with E-state index in [1.807, 2.05) is 18.2 Å². The molecule has 0 aliphatic carbocycles. The molecule has 2 aromatic rings. The molecule has 6 heteroatoms. The summed E-state index contributed by atoms with van der Waals surface area (Å²) in [6.45, 7) is 9.82. The van der Waals surface area contributed by atoms with Crippen molar-refractivity contribution in [1.29, 1.82) is 0 Å². The van der Waals surface area contributed by atoms with Crippen LogP contribution in [0, 0.1) is 5.92 Å². The fraction of sp³-hybridized carbons (Fsp3) is 0.423. The summed E-state index contributed by atoms with van der Waals surface area (Å²) >= 11 is 0. The van der Waals surface area contributed by atoms with Crippen molar-refractivity contribution in [2.75, 3.05) is 40.0 Å². The summed E-state index contributed by atoms with van der Waals surface area (Å²) in [4.78, 5) is 14.6. The van der Waals surface area contributed by atoms with E-state index in [1.54, 1.807) is 13.2 Å². The minimum Gasteiger partial charge on any atom is -0.493 e. The number of methoxy groups -OCH3 is 1. The predicted molar refractivity (Wildman–Crippen MR) is 127 cm³/mol. The largest absolute Gasteiger partial charge is 0.493 e. The van der Waals surface area contributed by atoms with Gasteiger partial charge in [0.2, 0.25) is 5.91 Å². The van der Waals surface area contributed by atoms with Crippen LogP contribution in [0.3, 0.4) is 0 Å². The minimum absolute atomic E-state index is 0.138. The minimum atomic E-state index is -0.138. The highest BCUT2D eigenvalue weighted by Crippen LogP contribution is 2.29. The summed E-state index contributed by atoms with van der Waals surface area (Å²) in [5, 5.41) is 2.93. The maximum atomic E-state index is 12.2. The van der Waals surface area contributed by atoms with Gasteiger partial charge in [0, 0.05) is 32.3 Å². The molecule has 2 aromatic carbocycles. The van der Waals surface area contributed by atoms with Gasteiger partial charge in [0.25, 0.3) is 0 Å². The number of ether oxygens (including phenoxy) is 3. The number of hydrogen-bond donors (Lipinski definition) is 1. The molecule has 0 atom stereocenters. The Hall–Kier alpha value is -2.83. The molecule has 32 heavy (non-hydrogen) atoms. The smallest absolute Gasteiger partial charge is 0.244 e. The molecule has 0 aromatic heterocycles. The van der Waals surface area contributed by atoms with Crippen molar-refractivity contribution in [2.45, 2.75) is 26.9 Å². The Balaban J connectivity index is 1.47. The lowest BCUT2D eigenvalue weighted by atomic mass is 10.1. The fourth-order valence-corrected chi connectivity index (χ4v) is 3.36. The van der Waals surface area contributed by atoms with E-state index in [0.717, 1.165) is 44.0 Å². The van der Waals surface area contributed by atoms with Crippen molar-refractivity contribution in [3.63, 3.8) is 0 Å². The van der Waals surface area contributed by atoms with Gasteiger partial charge in [0.05, 0.1) is 26.9 Å². The standard InChI is InChI=1S/C26H34N2O4/c1-20(2)19-32-24-10-8-21(16-25(24)30-3)9-11-26(29)27-17-22-4-6-23(7-5-22)18-28-12-14-31-15-13-28/h4-11,16,20H,12-15,17-19H2,1-3H3,(H,27,29)/b11-9+. The monoisotopic (exact) mass is 438 g/mol. The first-order chi connectivity index (χ1) is 15.5. The molecule has 0 spiro atoms. The van der Waals surface area contributed by atoms with Crippen LogP contribution < -0.4 is 14.8 Å². The molecule has 1 N–H and O–H groups in total. The zero-order valence-electron chi connectivity index (χ0n) is 19.3. The van der Waals surface area contributed by atoms with Crippen molar-refractivity contribution < 1.29 is 19.0 Å². The van der Waals surface area contributed by atoms with Gasteiger partial charge in [-0.05, 0) is 40.8 Å². The van der Waals surface area contributed by atoms with Crippen LogP contribution in [-0.4, -0.2) is 50.8 Å². The van der Waals surface area contributed by atoms with Crippen LogP contribution >= 0.6 is 0 Å². The lowest BCUT2D eigenvalue weighted by Crippen LogP contribution is -2.35. The molecular formula is C26H34N2O4. The van der Waals surface area contributed by atoms with Gasteiger partial charge in [-0.1, -0.05) is 44.2 Å². The Morgan fingerprint density at radius 2 is 1.81 bits per heavy atom.